The Bertz CT molecular complexity index is 1400. The van der Waals surface area contributed by atoms with E-state index in [0.717, 1.165) is 38.9 Å². The number of likely N-dealkylation sites (tertiary alicyclic amines) is 1. The lowest BCUT2D eigenvalue weighted by molar-refractivity contribution is -0.138. The molecule has 1 aromatic heterocycles. The third kappa shape index (κ3) is 9.79. The van der Waals surface area contributed by atoms with Gasteiger partial charge in [-0.15, -0.1) is 0 Å². The van der Waals surface area contributed by atoms with Gasteiger partial charge >= 0.3 is 12.8 Å². The Morgan fingerprint density at radius 2 is 1.70 bits per heavy atom. The summed E-state index contributed by atoms with van der Waals surface area (Å²) < 4.78 is 85.7. The molecule has 2 amide bonds. The second-order valence-electron chi connectivity index (χ2n) is 11.9. The van der Waals surface area contributed by atoms with E-state index >= 15 is 0 Å². The monoisotopic (exact) mass is 687 g/mol. The number of imide groups is 1. The molecule has 11 nitrogen and oxygen atoms in total. The maximum absolute atomic E-state index is 14.0. The molecule has 0 aliphatic carbocycles. The van der Waals surface area contributed by atoms with E-state index in [-0.39, 0.29) is 36.2 Å². The molecule has 3 N–H and O–H groups in total. The van der Waals surface area contributed by atoms with Crippen molar-refractivity contribution < 1.29 is 40.5 Å². The number of anilines is 2. The molecule has 3 aliphatic heterocycles. The number of rotatable bonds is 12. The average Bonchev–Trinajstić information content (AvgIpc) is 3.03. The minimum Gasteiger partial charge on any atom is -0.432 e. The second kappa shape index (κ2) is 15.6. The summed E-state index contributed by atoms with van der Waals surface area (Å²) >= 11 is 0. The first-order valence-electron chi connectivity index (χ1n) is 15.6. The molecule has 0 radical (unpaired) electrons. The molecule has 2 atom stereocenters. The molecule has 258 valence electrons. The van der Waals surface area contributed by atoms with Crippen LogP contribution in [0.3, 0.4) is 0 Å². The summed E-state index contributed by atoms with van der Waals surface area (Å²) in [6, 6.07) is 3.38. The molecule has 0 saturated carbocycles. The van der Waals surface area contributed by atoms with Gasteiger partial charge in [-0.25, -0.2) is 18.5 Å². The van der Waals surface area contributed by atoms with Crippen molar-refractivity contribution in [1.29, 1.82) is 0 Å². The van der Waals surface area contributed by atoms with Crippen molar-refractivity contribution in [2.75, 3.05) is 49.1 Å². The van der Waals surface area contributed by atoms with E-state index in [9.17, 15) is 35.8 Å². The molecule has 0 bridgehead atoms. The second-order valence-corrected chi connectivity index (χ2v) is 13.5. The summed E-state index contributed by atoms with van der Waals surface area (Å²) in [5, 5.41) is 8.02. The van der Waals surface area contributed by atoms with Crippen LogP contribution in [0.2, 0.25) is 0 Å². The molecule has 5 rings (SSSR count). The number of piperidine rings is 3. The third-order valence-electron chi connectivity index (χ3n) is 8.70. The Kier molecular flexibility index (Phi) is 11.6. The average molecular weight is 688 g/mol. The zero-order chi connectivity index (χ0) is 33.6. The van der Waals surface area contributed by atoms with Crippen molar-refractivity contribution in [3.63, 3.8) is 0 Å². The summed E-state index contributed by atoms with van der Waals surface area (Å²) in [4.78, 5) is 33.7. The van der Waals surface area contributed by atoms with Crippen molar-refractivity contribution in [2.45, 2.75) is 75.7 Å². The summed E-state index contributed by atoms with van der Waals surface area (Å²) in [5.74, 6) is -0.383. The van der Waals surface area contributed by atoms with E-state index in [0.29, 0.717) is 43.2 Å². The molecule has 2 aromatic rings. The fourth-order valence-electron chi connectivity index (χ4n) is 6.17. The van der Waals surface area contributed by atoms with Crippen LogP contribution in [0.25, 0.3) is 0 Å². The van der Waals surface area contributed by atoms with Gasteiger partial charge in [0.25, 0.3) is 0 Å². The van der Waals surface area contributed by atoms with Crippen molar-refractivity contribution in [3.05, 3.63) is 41.7 Å². The Morgan fingerprint density at radius 1 is 1.00 bits per heavy atom. The van der Waals surface area contributed by atoms with Crippen LogP contribution in [0.4, 0.5) is 33.6 Å². The zero-order valence-corrected chi connectivity index (χ0v) is 26.4. The number of amides is 2. The number of ether oxygens (including phenoxy) is 1. The summed E-state index contributed by atoms with van der Waals surface area (Å²) in [5.41, 5.74) is -0.395. The van der Waals surface area contributed by atoms with Gasteiger partial charge in [0.1, 0.15) is 6.04 Å². The number of hydrogen-bond acceptors (Lipinski definition) is 9. The molecule has 47 heavy (non-hydrogen) atoms. The minimum absolute atomic E-state index is 0.0321. The van der Waals surface area contributed by atoms with Gasteiger partial charge in [0.2, 0.25) is 17.8 Å². The third-order valence-corrected chi connectivity index (χ3v) is 10.3. The Labute approximate surface area is 271 Å². The van der Waals surface area contributed by atoms with Crippen LogP contribution in [0.1, 0.15) is 62.0 Å². The van der Waals surface area contributed by atoms with Crippen LogP contribution in [0.15, 0.2) is 30.6 Å². The molecular formula is C30H38F5N7O4S. The normalized spacial score (nSPS) is 21.4. The quantitative estimate of drug-likeness (QED) is 0.223. The topological polar surface area (TPSA) is 129 Å². The van der Waals surface area contributed by atoms with Crippen LogP contribution in [0.5, 0.6) is 5.75 Å². The number of halogens is 5. The highest BCUT2D eigenvalue weighted by molar-refractivity contribution is 7.82. The fraction of sp³-hybridized carbons (Fsp3) is 0.600. The van der Waals surface area contributed by atoms with Gasteiger partial charge in [-0.2, -0.15) is 22.0 Å². The number of aromatic nitrogens is 2. The SMILES string of the molecule is O=C1CCC(Nc2ccc(C3CCN(CCCS(=O)N4CCC(Nc5ncc(OC(F)F)cn5)CC4)CC3)cc2C(F)(F)F)C(=O)N1. The van der Waals surface area contributed by atoms with E-state index in [1.807, 2.05) is 4.31 Å². The molecule has 0 spiro atoms. The van der Waals surface area contributed by atoms with Crippen molar-refractivity contribution in [3.8, 4) is 5.75 Å². The summed E-state index contributed by atoms with van der Waals surface area (Å²) in [6.07, 6.45) is 1.52. The number of carbonyl (C=O) groups excluding carboxylic acids is 2. The molecule has 1 aromatic carbocycles. The number of alkyl halides is 5. The summed E-state index contributed by atoms with van der Waals surface area (Å²) in [7, 11) is -1.13. The molecule has 17 heteroatoms. The van der Waals surface area contributed by atoms with Gasteiger partial charge < -0.3 is 20.3 Å². The standard InChI is InChI=1S/C30H38F5N7O4S/c31-28(32)46-22-17-36-29(37-18-22)38-21-8-13-42(14-9-21)47(45)15-1-10-41-11-6-19(7-12-41)20-2-3-24(23(16-20)30(33,34)35)39-25-4-5-26(43)40-27(25)44/h2-3,16-19,21,25,28,39H,1,4-15H2,(H,36,37,38)(H,40,43,44). The maximum Gasteiger partial charge on any atom is 0.418 e. The molecule has 3 aliphatic rings. The van der Waals surface area contributed by atoms with Gasteiger partial charge in [-0.1, -0.05) is 6.07 Å². The molecule has 3 saturated heterocycles. The Balaban J connectivity index is 1.02. The highest BCUT2D eigenvalue weighted by atomic mass is 32.2. The van der Waals surface area contributed by atoms with Crippen molar-refractivity contribution in [2.24, 2.45) is 0 Å². The number of benzene rings is 1. The number of nitrogens with one attached hydrogen (secondary N) is 3. The molecular weight excluding hydrogens is 649 g/mol. The molecule has 2 unspecified atom stereocenters. The highest BCUT2D eigenvalue weighted by Crippen LogP contribution is 2.39. The number of carbonyl (C=O) groups is 2. The number of nitrogens with zero attached hydrogens (tertiary/aromatic N) is 4. The van der Waals surface area contributed by atoms with Crippen LogP contribution in [-0.4, -0.2) is 92.4 Å². The van der Waals surface area contributed by atoms with Gasteiger partial charge in [0.15, 0.2) is 5.75 Å². The summed E-state index contributed by atoms with van der Waals surface area (Å²) in [6.45, 7) is 0.518. The Hall–Kier alpha value is -3.44. The minimum atomic E-state index is -4.61. The highest BCUT2D eigenvalue weighted by Gasteiger charge is 2.36. The number of hydrogen-bond donors (Lipinski definition) is 3. The van der Waals surface area contributed by atoms with Gasteiger partial charge in [0, 0.05) is 37.0 Å². The smallest absolute Gasteiger partial charge is 0.418 e. The van der Waals surface area contributed by atoms with Crippen molar-refractivity contribution >= 4 is 34.4 Å². The van der Waals surface area contributed by atoms with Gasteiger partial charge in [-0.3, -0.25) is 14.9 Å². The van der Waals surface area contributed by atoms with E-state index in [2.05, 4.69) is 35.6 Å². The Morgan fingerprint density at radius 3 is 2.34 bits per heavy atom. The van der Waals surface area contributed by atoms with E-state index in [1.54, 1.807) is 6.07 Å². The zero-order valence-electron chi connectivity index (χ0n) is 25.6. The van der Waals surface area contributed by atoms with Crippen LogP contribution in [-0.2, 0) is 26.8 Å². The van der Waals surface area contributed by atoms with Crippen molar-refractivity contribution in [1.82, 2.24) is 24.5 Å². The van der Waals surface area contributed by atoms with Crippen LogP contribution >= 0.6 is 0 Å². The van der Waals surface area contributed by atoms with E-state index < -0.39 is 47.2 Å². The predicted octanol–water partition coefficient (Wildman–Crippen LogP) is 4.12. The lowest BCUT2D eigenvalue weighted by Crippen LogP contribution is -2.47. The molecule has 4 heterocycles. The van der Waals surface area contributed by atoms with Crippen LogP contribution in [0, 0.1) is 0 Å². The van der Waals surface area contributed by atoms with Crippen LogP contribution < -0.4 is 20.7 Å². The van der Waals surface area contributed by atoms with E-state index in [1.165, 1.54) is 24.5 Å². The lowest BCUT2D eigenvalue weighted by Gasteiger charge is -2.33. The molecule has 3 fully saturated rings. The van der Waals surface area contributed by atoms with Gasteiger partial charge in [-0.05, 0) is 81.8 Å². The van der Waals surface area contributed by atoms with E-state index in [4.69, 9.17) is 0 Å². The fourth-order valence-corrected chi connectivity index (χ4v) is 7.42. The first-order chi connectivity index (χ1) is 22.4. The maximum atomic E-state index is 14.0. The first-order valence-corrected chi connectivity index (χ1v) is 16.9. The first kappa shape index (κ1) is 34.9. The lowest BCUT2D eigenvalue weighted by atomic mass is 9.88. The predicted molar refractivity (Wildman–Crippen MR) is 164 cm³/mol. The largest absolute Gasteiger partial charge is 0.432 e. The van der Waals surface area contributed by atoms with Gasteiger partial charge in [0.05, 0.1) is 28.9 Å².